The van der Waals surface area contributed by atoms with Crippen molar-refractivity contribution >= 4 is 22.7 Å². The SMILES string of the molecule is CC(=O)C1(c2c(F)cccc2CCC(=O)NCCC(F)(F)F)CC(Oc2ccc3[nH]ncc3n2)C1. The third kappa shape index (κ3) is 5.44. The molecule has 0 atom stereocenters. The first-order valence-electron chi connectivity index (χ1n) is 11.2. The first kappa shape index (κ1) is 24.6. The van der Waals surface area contributed by atoms with Gasteiger partial charge in [-0.05, 0) is 31.0 Å². The summed E-state index contributed by atoms with van der Waals surface area (Å²) in [6.45, 7) is 0.874. The van der Waals surface area contributed by atoms with Crippen LogP contribution in [0, 0.1) is 5.82 Å². The molecule has 0 bridgehead atoms. The predicted octanol–water partition coefficient (Wildman–Crippen LogP) is 4.17. The molecule has 1 fully saturated rings. The van der Waals surface area contributed by atoms with Crippen LogP contribution in [0.5, 0.6) is 5.88 Å². The summed E-state index contributed by atoms with van der Waals surface area (Å²) in [5.74, 6) is -0.995. The van der Waals surface area contributed by atoms with Gasteiger partial charge in [-0.25, -0.2) is 9.37 Å². The number of aromatic amines is 1. The van der Waals surface area contributed by atoms with E-state index in [4.69, 9.17) is 4.74 Å². The highest BCUT2D eigenvalue weighted by molar-refractivity contribution is 5.90. The number of benzene rings is 1. The second-order valence-corrected chi connectivity index (χ2v) is 8.73. The van der Waals surface area contributed by atoms with Gasteiger partial charge in [-0.1, -0.05) is 12.1 Å². The number of hydrogen-bond donors (Lipinski definition) is 2. The number of alkyl halides is 3. The lowest BCUT2D eigenvalue weighted by atomic mass is 9.59. The molecule has 0 unspecified atom stereocenters. The third-order valence-corrected chi connectivity index (χ3v) is 6.32. The molecule has 0 aliphatic heterocycles. The maximum absolute atomic E-state index is 15.0. The number of fused-ring (bicyclic) bond motifs is 1. The number of nitrogens with zero attached hydrogens (tertiary/aromatic N) is 2. The first-order valence-corrected chi connectivity index (χ1v) is 11.2. The molecule has 2 heterocycles. The minimum Gasteiger partial charge on any atom is -0.474 e. The molecule has 11 heteroatoms. The van der Waals surface area contributed by atoms with Crippen molar-refractivity contribution in [1.29, 1.82) is 0 Å². The Morgan fingerprint density at radius 2 is 2.00 bits per heavy atom. The van der Waals surface area contributed by atoms with Crippen LogP contribution in [-0.4, -0.2) is 45.7 Å². The monoisotopic (exact) mass is 492 g/mol. The molecule has 2 N–H and O–H groups in total. The number of amides is 1. The molecule has 0 spiro atoms. The van der Waals surface area contributed by atoms with Gasteiger partial charge in [0.1, 0.15) is 23.2 Å². The molecule has 7 nitrogen and oxygen atoms in total. The Labute approximate surface area is 198 Å². The van der Waals surface area contributed by atoms with Gasteiger partial charge in [0.15, 0.2) is 0 Å². The number of carbonyl (C=O) groups excluding carboxylic acids is 2. The second kappa shape index (κ2) is 9.63. The lowest BCUT2D eigenvalue weighted by Gasteiger charge is -2.46. The van der Waals surface area contributed by atoms with Gasteiger partial charge in [0.25, 0.3) is 0 Å². The van der Waals surface area contributed by atoms with Crippen LogP contribution in [-0.2, 0) is 21.4 Å². The van der Waals surface area contributed by atoms with Crippen LogP contribution in [0.2, 0.25) is 0 Å². The fourth-order valence-electron chi connectivity index (χ4n) is 4.51. The van der Waals surface area contributed by atoms with Gasteiger partial charge in [-0.15, -0.1) is 0 Å². The number of hydrogen-bond acceptors (Lipinski definition) is 5. The third-order valence-electron chi connectivity index (χ3n) is 6.32. The summed E-state index contributed by atoms with van der Waals surface area (Å²) < 4.78 is 57.8. The van der Waals surface area contributed by atoms with Crippen LogP contribution in [0.1, 0.15) is 43.7 Å². The number of carbonyl (C=O) groups is 2. The van der Waals surface area contributed by atoms with E-state index in [1.807, 2.05) is 0 Å². The summed E-state index contributed by atoms with van der Waals surface area (Å²) >= 11 is 0. The molecule has 2 aromatic heterocycles. The maximum atomic E-state index is 15.0. The molecule has 35 heavy (non-hydrogen) atoms. The number of aryl methyl sites for hydroxylation is 1. The Bertz CT molecular complexity index is 1230. The van der Waals surface area contributed by atoms with Gasteiger partial charge in [-0.3, -0.25) is 14.7 Å². The molecule has 186 valence electrons. The number of aromatic nitrogens is 3. The quantitative estimate of drug-likeness (QED) is 0.437. The van der Waals surface area contributed by atoms with Crippen molar-refractivity contribution in [3.05, 3.63) is 53.5 Å². The number of pyridine rings is 1. The zero-order valence-corrected chi connectivity index (χ0v) is 18.9. The van der Waals surface area contributed by atoms with Crippen molar-refractivity contribution in [1.82, 2.24) is 20.5 Å². The van der Waals surface area contributed by atoms with Crippen molar-refractivity contribution in [3.8, 4) is 5.88 Å². The van der Waals surface area contributed by atoms with Crippen LogP contribution in [0.15, 0.2) is 36.5 Å². The summed E-state index contributed by atoms with van der Waals surface area (Å²) in [7, 11) is 0. The molecular weight excluding hydrogens is 468 g/mol. The molecule has 1 saturated carbocycles. The minimum atomic E-state index is -4.36. The van der Waals surface area contributed by atoms with E-state index >= 15 is 4.39 Å². The number of nitrogens with one attached hydrogen (secondary N) is 2. The highest BCUT2D eigenvalue weighted by atomic mass is 19.4. The number of ketones is 1. The number of Topliss-reactive ketones (excluding diaryl/α,β-unsaturated/α-hetero) is 1. The number of rotatable bonds is 9. The van der Waals surface area contributed by atoms with E-state index in [0.29, 0.717) is 17.0 Å². The first-order chi connectivity index (χ1) is 16.6. The molecule has 4 rings (SSSR count). The fraction of sp³-hybridized carbons (Fsp3) is 0.417. The van der Waals surface area contributed by atoms with Crippen molar-refractivity contribution in [2.45, 2.75) is 56.7 Å². The fourth-order valence-corrected chi connectivity index (χ4v) is 4.51. The average molecular weight is 492 g/mol. The minimum absolute atomic E-state index is 0.0875. The van der Waals surface area contributed by atoms with Gasteiger partial charge < -0.3 is 10.1 Å². The Kier molecular flexibility index (Phi) is 6.77. The summed E-state index contributed by atoms with van der Waals surface area (Å²) in [5.41, 5.74) is 0.959. The van der Waals surface area contributed by atoms with E-state index in [2.05, 4.69) is 20.5 Å². The summed E-state index contributed by atoms with van der Waals surface area (Å²) in [6.07, 6.45) is -3.86. The highest BCUT2D eigenvalue weighted by Crippen LogP contribution is 2.48. The number of H-pyrrole nitrogens is 1. The zero-order chi connectivity index (χ0) is 25.2. The average Bonchev–Trinajstić information content (AvgIpc) is 3.22. The van der Waals surface area contributed by atoms with Crippen molar-refractivity contribution < 1.29 is 31.9 Å². The summed E-state index contributed by atoms with van der Waals surface area (Å²) in [5, 5.41) is 8.93. The van der Waals surface area contributed by atoms with E-state index in [1.54, 1.807) is 24.4 Å². The van der Waals surface area contributed by atoms with Crippen molar-refractivity contribution in [3.63, 3.8) is 0 Å². The topological polar surface area (TPSA) is 97.0 Å². The van der Waals surface area contributed by atoms with Crippen LogP contribution in [0.25, 0.3) is 11.0 Å². The van der Waals surface area contributed by atoms with Gasteiger partial charge in [0.05, 0.1) is 23.5 Å². The van der Waals surface area contributed by atoms with E-state index in [-0.39, 0.29) is 43.1 Å². The van der Waals surface area contributed by atoms with Crippen molar-refractivity contribution in [2.24, 2.45) is 0 Å². The number of halogens is 4. The molecule has 1 aliphatic rings. The Hall–Kier alpha value is -3.50. The maximum Gasteiger partial charge on any atom is 0.390 e. The van der Waals surface area contributed by atoms with Crippen LogP contribution < -0.4 is 10.1 Å². The van der Waals surface area contributed by atoms with Crippen LogP contribution >= 0.6 is 0 Å². The molecule has 0 saturated heterocycles. The van der Waals surface area contributed by atoms with Crippen molar-refractivity contribution in [2.75, 3.05) is 6.54 Å². The molecule has 1 aromatic carbocycles. The molecule has 0 radical (unpaired) electrons. The van der Waals surface area contributed by atoms with E-state index < -0.39 is 36.3 Å². The smallest absolute Gasteiger partial charge is 0.390 e. The van der Waals surface area contributed by atoms with Crippen LogP contribution in [0.4, 0.5) is 17.6 Å². The summed E-state index contributed by atoms with van der Waals surface area (Å²) in [6, 6.07) is 7.83. The van der Waals surface area contributed by atoms with E-state index in [1.165, 1.54) is 19.1 Å². The van der Waals surface area contributed by atoms with E-state index in [0.717, 1.165) is 5.52 Å². The largest absolute Gasteiger partial charge is 0.474 e. The highest BCUT2D eigenvalue weighted by Gasteiger charge is 2.53. The Balaban J connectivity index is 1.45. The van der Waals surface area contributed by atoms with Gasteiger partial charge in [0, 0.05) is 37.4 Å². The Morgan fingerprint density at radius 1 is 1.23 bits per heavy atom. The van der Waals surface area contributed by atoms with E-state index in [9.17, 15) is 22.8 Å². The Morgan fingerprint density at radius 3 is 2.71 bits per heavy atom. The van der Waals surface area contributed by atoms with Crippen LogP contribution in [0.3, 0.4) is 0 Å². The zero-order valence-electron chi connectivity index (χ0n) is 18.9. The lowest BCUT2D eigenvalue weighted by molar-refractivity contribution is -0.135. The number of ether oxygens (including phenoxy) is 1. The van der Waals surface area contributed by atoms with Gasteiger partial charge in [-0.2, -0.15) is 18.3 Å². The molecule has 3 aromatic rings. The molecule has 1 amide bonds. The summed E-state index contributed by atoms with van der Waals surface area (Å²) in [4.78, 5) is 29.1. The predicted molar refractivity (Wildman–Crippen MR) is 118 cm³/mol. The van der Waals surface area contributed by atoms with Gasteiger partial charge >= 0.3 is 6.18 Å². The standard InChI is InChI=1S/C24H24F4N4O3/c1-14(33)23(11-16(12-23)35-21-8-6-18-19(31-21)13-30-32-18)22-15(3-2-4-17(22)25)5-7-20(34)29-10-9-24(26,27)28/h2-4,6,8,13,16H,5,7,9-12H2,1H3,(H,29,34)(H,30,32). The molecular formula is C24H24F4N4O3. The second-order valence-electron chi connectivity index (χ2n) is 8.73. The molecule has 1 aliphatic carbocycles. The normalized spacial score (nSPS) is 19.9. The van der Waals surface area contributed by atoms with Gasteiger partial charge in [0.2, 0.25) is 11.8 Å². The lowest BCUT2D eigenvalue weighted by Crippen LogP contribution is -2.53.